The quantitative estimate of drug-likeness (QED) is 0.451. The van der Waals surface area contributed by atoms with E-state index in [1.54, 1.807) is 11.3 Å². The highest BCUT2D eigenvalue weighted by Gasteiger charge is 2.15. The number of aryl methyl sites for hydroxylation is 1. The highest BCUT2D eigenvalue weighted by Crippen LogP contribution is 2.42. The minimum absolute atomic E-state index is 0.748. The van der Waals surface area contributed by atoms with E-state index in [1.807, 2.05) is 12.1 Å². The minimum atomic E-state index is 0.748. The zero-order valence-corrected chi connectivity index (χ0v) is 14.4. The van der Waals surface area contributed by atoms with Gasteiger partial charge in [0, 0.05) is 23.5 Å². The molecule has 0 radical (unpaired) electrons. The summed E-state index contributed by atoms with van der Waals surface area (Å²) < 4.78 is 2.29. The van der Waals surface area contributed by atoms with E-state index in [1.165, 1.54) is 27.0 Å². The number of thiophene rings is 1. The van der Waals surface area contributed by atoms with Crippen molar-refractivity contribution >= 4 is 42.9 Å². The molecular weight excluding hydrogens is 312 g/mol. The molecule has 0 aliphatic rings. The second kappa shape index (κ2) is 5.67. The van der Waals surface area contributed by atoms with Gasteiger partial charge in [-0.3, -0.25) is 0 Å². The van der Waals surface area contributed by atoms with Crippen LogP contribution in [0.4, 0.5) is 11.4 Å². The lowest BCUT2D eigenvalue weighted by atomic mass is 10.1. The van der Waals surface area contributed by atoms with Gasteiger partial charge < -0.3 is 4.90 Å². The van der Waals surface area contributed by atoms with E-state index < -0.39 is 0 Å². The summed E-state index contributed by atoms with van der Waals surface area (Å²) in [6.07, 6.45) is 0. The van der Waals surface area contributed by atoms with Gasteiger partial charge in [-0.05, 0) is 30.7 Å². The Morgan fingerprint density at radius 1 is 0.833 bits per heavy atom. The molecule has 0 saturated heterocycles. The zero-order valence-electron chi connectivity index (χ0n) is 13.6. The third kappa shape index (κ3) is 2.16. The van der Waals surface area contributed by atoms with Crippen molar-refractivity contribution in [1.29, 1.82) is 5.26 Å². The Bertz CT molecular complexity index is 1100. The molecule has 116 valence electrons. The summed E-state index contributed by atoms with van der Waals surface area (Å²) in [6, 6.07) is 23.1. The van der Waals surface area contributed by atoms with Crippen LogP contribution in [0.3, 0.4) is 0 Å². The number of benzene rings is 3. The van der Waals surface area contributed by atoms with Crippen LogP contribution in [0.5, 0.6) is 0 Å². The van der Waals surface area contributed by atoms with Crippen LogP contribution in [0.15, 0.2) is 60.7 Å². The topological polar surface area (TPSA) is 27.0 Å². The maximum Gasteiger partial charge on any atom is 0.101 e. The lowest BCUT2D eigenvalue weighted by Crippen LogP contribution is -2.10. The smallest absolute Gasteiger partial charge is 0.101 e. The molecule has 0 atom stereocenters. The molecule has 4 aromatic rings. The molecule has 24 heavy (non-hydrogen) atoms. The maximum atomic E-state index is 9.40. The molecular formula is C21H16N2S. The van der Waals surface area contributed by atoms with Crippen molar-refractivity contribution in [2.24, 2.45) is 0 Å². The predicted molar refractivity (Wildman–Crippen MR) is 103 cm³/mol. The molecule has 0 aliphatic heterocycles. The maximum absolute atomic E-state index is 9.40. The number of para-hydroxylation sites is 1. The van der Waals surface area contributed by atoms with E-state index in [0.717, 1.165) is 15.6 Å². The Morgan fingerprint density at radius 2 is 1.50 bits per heavy atom. The predicted octanol–water partition coefficient (Wildman–Crippen LogP) is 6.00. The average Bonchev–Trinajstić information content (AvgIpc) is 3.00. The summed E-state index contributed by atoms with van der Waals surface area (Å²) in [5.41, 5.74) is 4.36. The molecule has 0 N–H and O–H groups in total. The summed E-state index contributed by atoms with van der Waals surface area (Å²) in [6.45, 7) is 2.13. The van der Waals surface area contributed by atoms with E-state index in [4.69, 9.17) is 0 Å². The summed E-state index contributed by atoms with van der Waals surface area (Å²) >= 11 is 1.70. The summed E-state index contributed by atoms with van der Waals surface area (Å²) in [5, 5.41) is 11.8. The number of nitrogens with zero attached hydrogens (tertiary/aromatic N) is 2. The lowest BCUT2D eigenvalue weighted by Gasteiger charge is -2.22. The second-order valence-electron chi connectivity index (χ2n) is 5.90. The van der Waals surface area contributed by atoms with Crippen LogP contribution < -0.4 is 4.90 Å². The molecule has 3 aromatic carbocycles. The molecule has 2 nitrogen and oxygen atoms in total. The van der Waals surface area contributed by atoms with Gasteiger partial charge >= 0.3 is 0 Å². The third-order valence-corrected chi connectivity index (χ3v) is 5.74. The zero-order chi connectivity index (χ0) is 16.7. The molecule has 0 amide bonds. The number of rotatable bonds is 2. The number of anilines is 2. The number of hydrogen-bond donors (Lipinski definition) is 0. The van der Waals surface area contributed by atoms with Crippen molar-refractivity contribution in [3.05, 3.63) is 71.8 Å². The molecule has 0 bridgehead atoms. The van der Waals surface area contributed by atoms with Crippen LogP contribution >= 0.6 is 11.3 Å². The molecule has 1 heterocycles. The van der Waals surface area contributed by atoms with Gasteiger partial charge in [-0.15, -0.1) is 11.3 Å². The first-order valence-electron chi connectivity index (χ1n) is 7.84. The van der Waals surface area contributed by atoms with Gasteiger partial charge in [0.25, 0.3) is 0 Å². The van der Waals surface area contributed by atoms with E-state index in [9.17, 15) is 5.26 Å². The highest BCUT2D eigenvalue weighted by molar-refractivity contribution is 7.26. The standard InChI is InChI=1S/C21H16N2S/c1-14-7-3-4-11-18(14)23(2)19-12-6-10-17-16-9-5-8-15(13-22)20(16)24-21(17)19/h3-12H,1-2H3. The highest BCUT2D eigenvalue weighted by atomic mass is 32.1. The van der Waals surface area contributed by atoms with Crippen molar-refractivity contribution in [2.75, 3.05) is 11.9 Å². The Kier molecular flexibility index (Phi) is 3.48. The number of hydrogen-bond acceptors (Lipinski definition) is 3. The van der Waals surface area contributed by atoms with Gasteiger partial charge in [0.05, 0.1) is 20.7 Å². The van der Waals surface area contributed by atoms with Gasteiger partial charge in [-0.2, -0.15) is 5.26 Å². The molecule has 1 aromatic heterocycles. The molecule has 4 rings (SSSR count). The van der Waals surface area contributed by atoms with Crippen LogP contribution in [0.1, 0.15) is 11.1 Å². The van der Waals surface area contributed by atoms with Crippen LogP contribution in [0.2, 0.25) is 0 Å². The van der Waals surface area contributed by atoms with Gasteiger partial charge in [-0.25, -0.2) is 0 Å². The number of nitriles is 1. The molecule has 0 saturated carbocycles. The van der Waals surface area contributed by atoms with Crippen LogP contribution in [-0.2, 0) is 0 Å². The fourth-order valence-corrected chi connectivity index (χ4v) is 4.54. The van der Waals surface area contributed by atoms with Crippen molar-refractivity contribution < 1.29 is 0 Å². The van der Waals surface area contributed by atoms with Crippen molar-refractivity contribution in [3.63, 3.8) is 0 Å². The van der Waals surface area contributed by atoms with Gasteiger partial charge in [-0.1, -0.05) is 42.5 Å². The van der Waals surface area contributed by atoms with Crippen molar-refractivity contribution in [2.45, 2.75) is 6.92 Å². The molecule has 0 unspecified atom stereocenters. The van der Waals surface area contributed by atoms with E-state index in [-0.39, 0.29) is 0 Å². The summed E-state index contributed by atoms with van der Waals surface area (Å²) in [5.74, 6) is 0. The minimum Gasteiger partial charge on any atom is -0.343 e. The van der Waals surface area contributed by atoms with Gasteiger partial charge in [0.1, 0.15) is 6.07 Å². The van der Waals surface area contributed by atoms with Crippen LogP contribution in [0, 0.1) is 18.3 Å². The van der Waals surface area contributed by atoms with E-state index >= 15 is 0 Å². The first kappa shape index (κ1) is 14.7. The van der Waals surface area contributed by atoms with Crippen LogP contribution in [0.25, 0.3) is 20.2 Å². The fourth-order valence-electron chi connectivity index (χ4n) is 3.23. The largest absolute Gasteiger partial charge is 0.343 e. The normalized spacial score (nSPS) is 10.9. The first-order chi connectivity index (χ1) is 11.7. The van der Waals surface area contributed by atoms with E-state index in [2.05, 4.69) is 73.5 Å². The number of fused-ring (bicyclic) bond motifs is 3. The second-order valence-corrected chi connectivity index (χ2v) is 6.92. The van der Waals surface area contributed by atoms with Crippen LogP contribution in [-0.4, -0.2) is 7.05 Å². The van der Waals surface area contributed by atoms with E-state index in [0.29, 0.717) is 0 Å². The Balaban J connectivity index is 2.00. The molecule has 3 heteroatoms. The Morgan fingerprint density at radius 3 is 2.25 bits per heavy atom. The summed E-state index contributed by atoms with van der Waals surface area (Å²) in [7, 11) is 2.10. The monoisotopic (exact) mass is 328 g/mol. The fraction of sp³-hybridized carbons (Fsp3) is 0.0952. The van der Waals surface area contributed by atoms with Crippen molar-refractivity contribution in [3.8, 4) is 6.07 Å². The summed E-state index contributed by atoms with van der Waals surface area (Å²) in [4.78, 5) is 2.24. The average molecular weight is 328 g/mol. The molecule has 0 fully saturated rings. The Hall–Kier alpha value is -2.83. The first-order valence-corrected chi connectivity index (χ1v) is 8.66. The molecule has 0 aliphatic carbocycles. The van der Waals surface area contributed by atoms with Gasteiger partial charge in [0.2, 0.25) is 0 Å². The Labute approximate surface area is 145 Å². The SMILES string of the molecule is Cc1ccccc1N(C)c1cccc2c1sc1c(C#N)cccc12. The third-order valence-electron chi connectivity index (χ3n) is 4.46. The van der Waals surface area contributed by atoms with Gasteiger partial charge in [0.15, 0.2) is 0 Å². The lowest BCUT2D eigenvalue weighted by molar-refractivity contribution is 1.20. The van der Waals surface area contributed by atoms with Crippen molar-refractivity contribution in [1.82, 2.24) is 0 Å². The molecule has 0 spiro atoms.